The van der Waals surface area contributed by atoms with Crippen molar-refractivity contribution in [2.24, 2.45) is 0 Å². The largest absolute Gasteiger partial charge is 0.496 e. The van der Waals surface area contributed by atoms with Crippen LogP contribution in [-0.2, 0) is 6.42 Å². The summed E-state index contributed by atoms with van der Waals surface area (Å²) in [5.41, 5.74) is 2.18. The Morgan fingerprint density at radius 2 is 2.05 bits per heavy atom. The van der Waals surface area contributed by atoms with Crippen LogP contribution >= 0.6 is 11.6 Å². The van der Waals surface area contributed by atoms with E-state index >= 15 is 0 Å². The Bertz CT molecular complexity index is 580. The second-order valence-electron chi connectivity index (χ2n) is 4.93. The summed E-state index contributed by atoms with van der Waals surface area (Å²) in [5, 5.41) is 4.27. The highest BCUT2D eigenvalue weighted by Crippen LogP contribution is 2.34. The van der Waals surface area contributed by atoms with Crippen molar-refractivity contribution in [1.29, 1.82) is 0 Å². The van der Waals surface area contributed by atoms with Gasteiger partial charge in [0.2, 0.25) is 0 Å². The minimum absolute atomic E-state index is 0.0206. The number of nitrogens with one attached hydrogen (secondary N) is 1. The fraction of sp³-hybridized carbons (Fsp3) is 0.412. The maximum absolute atomic E-state index is 6.18. The number of hydrogen-bond donors (Lipinski definition) is 1. The highest BCUT2D eigenvalue weighted by atomic mass is 35.5. The van der Waals surface area contributed by atoms with Crippen LogP contribution in [0.25, 0.3) is 0 Å². The molecule has 1 heterocycles. The second-order valence-corrected chi connectivity index (χ2v) is 5.36. The highest BCUT2D eigenvalue weighted by molar-refractivity contribution is 6.30. The minimum atomic E-state index is 0.0206. The molecule has 0 saturated carbocycles. The molecule has 1 aromatic carbocycles. The van der Waals surface area contributed by atoms with Crippen LogP contribution in [0.3, 0.4) is 0 Å². The van der Waals surface area contributed by atoms with Crippen LogP contribution in [0.4, 0.5) is 0 Å². The summed E-state index contributed by atoms with van der Waals surface area (Å²) in [6, 6.07) is 7.75. The van der Waals surface area contributed by atoms with Gasteiger partial charge in [-0.3, -0.25) is 0 Å². The smallest absolute Gasteiger partial charge is 0.124 e. The Morgan fingerprint density at radius 3 is 2.71 bits per heavy atom. The third-order valence-electron chi connectivity index (χ3n) is 3.51. The summed E-state index contributed by atoms with van der Waals surface area (Å²) < 4.78 is 11.1. The first-order valence-electron chi connectivity index (χ1n) is 7.34. The monoisotopic (exact) mass is 307 g/mol. The molecule has 0 radical (unpaired) electrons. The second kappa shape index (κ2) is 7.53. The SMILES string of the molecule is CCCNC(c1cc(Cl)ccc1OC)c1ccoc1CC. The average molecular weight is 308 g/mol. The van der Waals surface area contributed by atoms with Gasteiger partial charge in [0.1, 0.15) is 11.5 Å². The van der Waals surface area contributed by atoms with Crippen molar-refractivity contribution in [2.45, 2.75) is 32.7 Å². The van der Waals surface area contributed by atoms with Crippen molar-refractivity contribution >= 4 is 11.6 Å². The molecular weight excluding hydrogens is 286 g/mol. The van der Waals surface area contributed by atoms with Crippen LogP contribution < -0.4 is 10.1 Å². The summed E-state index contributed by atoms with van der Waals surface area (Å²) in [7, 11) is 1.68. The van der Waals surface area contributed by atoms with Crippen molar-refractivity contribution in [2.75, 3.05) is 13.7 Å². The first-order chi connectivity index (χ1) is 10.2. The van der Waals surface area contributed by atoms with Crippen molar-refractivity contribution in [3.8, 4) is 5.75 Å². The normalized spacial score (nSPS) is 12.4. The molecule has 1 unspecified atom stereocenters. The molecule has 0 saturated heterocycles. The summed E-state index contributed by atoms with van der Waals surface area (Å²) in [5.74, 6) is 1.82. The van der Waals surface area contributed by atoms with Gasteiger partial charge in [-0.25, -0.2) is 0 Å². The topological polar surface area (TPSA) is 34.4 Å². The zero-order valence-corrected chi connectivity index (χ0v) is 13.5. The predicted molar refractivity (Wildman–Crippen MR) is 86.2 cm³/mol. The molecule has 0 aliphatic carbocycles. The number of halogens is 1. The summed E-state index contributed by atoms with van der Waals surface area (Å²) >= 11 is 6.18. The predicted octanol–water partition coefficient (Wildman–Crippen LogP) is 4.59. The van der Waals surface area contributed by atoms with Crippen LogP contribution in [0.2, 0.25) is 5.02 Å². The fourth-order valence-electron chi connectivity index (χ4n) is 2.50. The number of furan rings is 1. The van der Waals surface area contributed by atoms with Gasteiger partial charge in [-0.15, -0.1) is 0 Å². The Labute approximate surface area is 131 Å². The van der Waals surface area contributed by atoms with Crippen LogP contribution in [0.5, 0.6) is 5.75 Å². The van der Waals surface area contributed by atoms with Gasteiger partial charge in [-0.05, 0) is 37.2 Å². The molecule has 0 aliphatic heterocycles. The van der Waals surface area contributed by atoms with E-state index in [0.717, 1.165) is 42.0 Å². The molecule has 0 amide bonds. The number of hydrogen-bond acceptors (Lipinski definition) is 3. The first kappa shape index (κ1) is 15.9. The third-order valence-corrected chi connectivity index (χ3v) is 3.75. The van der Waals surface area contributed by atoms with Gasteiger partial charge >= 0.3 is 0 Å². The molecule has 4 heteroatoms. The quantitative estimate of drug-likeness (QED) is 0.812. The molecule has 1 N–H and O–H groups in total. The van der Waals surface area contributed by atoms with E-state index in [1.807, 2.05) is 24.3 Å². The molecular formula is C17H22ClNO2. The summed E-state index contributed by atoms with van der Waals surface area (Å²) in [6.07, 6.45) is 3.65. The molecule has 3 nitrogen and oxygen atoms in total. The lowest BCUT2D eigenvalue weighted by molar-refractivity contribution is 0.403. The van der Waals surface area contributed by atoms with Gasteiger partial charge in [-0.1, -0.05) is 25.4 Å². The maximum Gasteiger partial charge on any atom is 0.124 e. The van der Waals surface area contributed by atoms with Gasteiger partial charge in [0.15, 0.2) is 0 Å². The molecule has 114 valence electrons. The zero-order chi connectivity index (χ0) is 15.2. The number of benzene rings is 1. The van der Waals surface area contributed by atoms with E-state index in [9.17, 15) is 0 Å². The van der Waals surface area contributed by atoms with Gasteiger partial charge in [0.05, 0.1) is 19.4 Å². The third kappa shape index (κ3) is 3.60. The van der Waals surface area contributed by atoms with Crippen LogP contribution in [0.1, 0.15) is 43.2 Å². The molecule has 1 atom stereocenters. The Balaban J connectivity index is 2.47. The van der Waals surface area contributed by atoms with Crippen LogP contribution in [0, 0.1) is 0 Å². The summed E-state index contributed by atoms with van der Waals surface area (Å²) in [6.45, 7) is 5.15. The lowest BCUT2D eigenvalue weighted by Crippen LogP contribution is -2.24. The molecule has 2 rings (SSSR count). The van der Waals surface area contributed by atoms with E-state index in [2.05, 4.69) is 19.2 Å². The Kier molecular flexibility index (Phi) is 5.71. The molecule has 0 aliphatic rings. The Morgan fingerprint density at radius 1 is 1.24 bits per heavy atom. The fourth-order valence-corrected chi connectivity index (χ4v) is 2.68. The molecule has 1 aromatic heterocycles. The van der Waals surface area contributed by atoms with Gasteiger partial charge in [0.25, 0.3) is 0 Å². The van der Waals surface area contributed by atoms with Gasteiger partial charge in [-0.2, -0.15) is 0 Å². The van der Waals surface area contributed by atoms with Crippen LogP contribution in [-0.4, -0.2) is 13.7 Å². The number of ether oxygens (including phenoxy) is 1. The van der Waals surface area contributed by atoms with E-state index in [0.29, 0.717) is 5.02 Å². The van der Waals surface area contributed by atoms with Crippen molar-refractivity contribution < 1.29 is 9.15 Å². The standard InChI is InChI=1S/C17H22ClNO2/c1-4-9-19-17(13-8-10-21-15(13)5-2)14-11-12(18)6-7-16(14)20-3/h6-8,10-11,17,19H,4-5,9H2,1-3H3. The molecule has 21 heavy (non-hydrogen) atoms. The van der Waals surface area contributed by atoms with E-state index in [4.69, 9.17) is 20.8 Å². The first-order valence-corrected chi connectivity index (χ1v) is 7.72. The number of aryl methyl sites for hydroxylation is 1. The highest BCUT2D eigenvalue weighted by Gasteiger charge is 2.22. The lowest BCUT2D eigenvalue weighted by atomic mass is 9.97. The van der Waals surface area contributed by atoms with Gasteiger partial charge in [0, 0.05) is 22.6 Å². The summed E-state index contributed by atoms with van der Waals surface area (Å²) in [4.78, 5) is 0. The average Bonchev–Trinajstić information content (AvgIpc) is 2.96. The molecule has 2 aromatic rings. The zero-order valence-electron chi connectivity index (χ0n) is 12.8. The lowest BCUT2D eigenvalue weighted by Gasteiger charge is -2.21. The minimum Gasteiger partial charge on any atom is -0.496 e. The van der Waals surface area contributed by atoms with Gasteiger partial charge < -0.3 is 14.5 Å². The van der Waals surface area contributed by atoms with E-state index in [1.165, 1.54) is 0 Å². The van der Waals surface area contributed by atoms with Crippen molar-refractivity contribution in [3.05, 3.63) is 52.4 Å². The molecule has 0 bridgehead atoms. The van der Waals surface area contributed by atoms with E-state index in [1.54, 1.807) is 13.4 Å². The molecule has 0 fully saturated rings. The Hall–Kier alpha value is -1.45. The van der Waals surface area contributed by atoms with E-state index < -0.39 is 0 Å². The van der Waals surface area contributed by atoms with Crippen molar-refractivity contribution in [3.63, 3.8) is 0 Å². The molecule has 0 spiro atoms. The number of methoxy groups -OCH3 is 1. The number of rotatable bonds is 7. The van der Waals surface area contributed by atoms with E-state index in [-0.39, 0.29) is 6.04 Å². The maximum atomic E-state index is 6.18. The van der Waals surface area contributed by atoms with Crippen LogP contribution in [0.15, 0.2) is 34.9 Å². The van der Waals surface area contributed by atoms with Crippen molar-refractivity contribution in [1.82, 2.24) is 5.32 Å².